The van der Waals surface area contributed by atoms with Crippen LogP contribution in [0.5, 0.6) is 0 Å². The number of benzene rings is 1. The molecule has 2 heterocycles. The third kappa shape index (κ3) is 2.69. The Kier molecular flexibility index (Phi) is 3.73. The maximum absolute atomic E-state index is 12.6. The fourth-order valence-corrected chi connectivity index (χ4v) is 5.50. The molecule has 3 rings (SSSR count). The van der Waals surface area contributed by atoms with Crippen LogP contribution in [0.3, 0.4) is 0 Å². The molecule has 108 valence electrons. The van der Waals surface area contributed by atoms with Crippen molar-refractivity contribution in [2.24, 2.45) is 5.92 Å². The summed E-state index contributed by atoms with van der Waals surface area (Å²) in [6, 6.07) is 5.50. The van der Waals surface area contributed by atoms with Crippen LogP contribution in [-0.4, -0.2) is 38.1 Å². The first kappa shape index (κ1) is 14.2. The van der Waals surface area contributed by atoms with Gasteiger partial charge in [-0.1, -0.05) is 11.6 Å². The Morgan fingerprint density at radius 3 is 2.90 bits per heavy atom. The number of sulfone groups is 1. The molecule has 0 aromatic heterocycles. The number of thioether (sulfide) groups is 1. The van der Waals surface area contributed by atoms with E-state index in [9.17, 15) is 13.2 Å². The molecule has 0 unspecified atom stereocenters. The van der Waals surface area contributed by atoms with Gasteiger partial charge in [-0.25, -0.2) is 8.42 Å². The third-order valence-electron chi connectivity index (χ3n) is 3.63. The minimum atomic E-state index is -3.04. The molecular formula is C13H14ClNO3S2. The number of amides is 1. The van der Waals surface area contributed by atoms with Crippen molar-refractivity contribution in [3.63, 3.8) is 0 Å². The van der Waals surface area contributed by atoms with Gasteiger partial charge < -0.3 is 4.90 Å². The van der Waals surface area contributed by atoms with Crippen LogP contribution in [0.1, 0.15) is 6.42 Å². The molecule has 0 aliphatic carbocycles. The number of hydrogen-bond acceptors (Lipinski definition) is 4. The normalized spacial score (nSPS) is 24.4. The molecule has 2 aliphatic rings. The highest BCUT2D eigenvalue weighted by molar-refractivity contribution is 7.99. The second kappa shape index (κ2) is 5.24. The Morgan fingerprint density at radius 2 is 2.20 bits per heavy atom. The van der Waals surface area contributed by atoms with Crippen LogP contribution < -0.4 is 4.90 Å². The molecule has 1 aromatic carbocycles. The zero-order valence-corrected chi connectivity index (χ0v) is 13.1. The molecule has 2 aliphatic heterocycles. The van der Waals surface area contributed by atoms with E-state index in [1.54, 1.807) is 28.8 Å². The summed E-state index contributed by atoms with van der Waals surface area (Å²) in [4.78, 5) is 15.3. The average Bonchev–Trinajstić information content (AvgIpc) is 2.77. The van der Waals surface area contributed by atoms with Gasteiger partial charge in [-0.05, 0) is 24.6 Å². The van der Waals surface area contributed by atoms with Gasteiger partial charge in [-0.3, -0.25) is 4.79 Å². The fraction of sp³-hybridized carbons (Fsp3) is 0.462. The zero-order valence-electron chi connectivity index (χ0n) is 10.7. The molecule has 1 atom stereocenters. The van der Waals surface area contributed by atoms with E-state index in [0.717, 1.165) is 16.3 Å². The molecule has 1 aromatic rings. The molecule has 1 amide bonds. The quantitative estimate of drug-likeness (QED) is 0.791. The predicted molar refractivity (Wildman–Crippen MR) is 81.3 cm³/mol. The highest BCUT2D eigenvalue weighted by atomic mass is 35.5. The highest BCUT2D eigenvalue weighted by Gasteiger charge is 2.37. The lowest BCUT2D eigenvalue weighted by Crippen LogP contribution is -2.40. The van der Waals surface area contributed by atoms with Crippen molar-refractivity contribution in [1.29, 1.82) is 0 Å². The van der Waals surface area contributed by atoms with Crippen molar-refractivity contribution < 1.29 is 13.2 Å². The van der Waals surface area contributed by atoms with E-state index in [1.165, 1.54) is 0 Å². The van der Waals surface area contributed by atoms with Crippen LogP contribution in [0.15, 0.2) is 23.1 Å². The van der Waals surface area contributed by atoms with Gasteiger partial charge in [-0.15, -0.1) is 11.8 Å². The second-order valence-corrected chi connectivity index (χ2v) is 8.85. The fourth-order valence-electron chi connectivity index (χ4n) is 2.63. The predicted octanol–water partition coefficient (Wildman–Crippen LogP) is 2.21. The van der Waals surface area contributed by atoms with Gasteiger partial charge in [-0.2, -0.15) is 0 Å². The maximum atomic E-state index is 12.6. The summed E-state index contributed by atoms with van der Waals surface area (Å²) in [7, 11) is -3.04. The van der Waals surface area contributed by atoms with E-state index in [1.807, 2.05) is 6.07 Å². The summed E-state index contributed by atoms with van der Waals surface area (Å²) in [6.45, 7) is 0.605. The molecule has 0 saturated carbocycles. The molecule has 0 bridgehead atoms. The van der Waals surface area contributed by atoms with Gasteiger partial charge in [0.15, 0.2) is 9.84 Å². The lowest BCUT2D eigenvalue weighted by Gasteiger charge is -2.30. The maximum Gasteiger partial charge on any atom is 0.231 e. The Bertz CT molecular complexity index is 660. The van der Waals surface area contributed by atoms with E-state index in [-0.39, 0.29) is 17.4 Å². The molecule has 0 spiro atoms. The lowest BCUT2D eigenvalue weighted by molar-refractivity contribution is -0.121. The Balaban J connectivity index is 1.89. The molecule has 0 radical (unpaired) electrons. The number of halogens is 1. The summed E-state index contributed by atoms with van der Waals surface area (Å²) in [5.41, 5.74) is 0.808. The van der Waals surface area contributed by atoms with Crippen LogP contribution in [-0.2, 0) is 14.6 Å². The van der Waals surface area contributed by atoms with E-state index in [2.05, 4.69) is 0 Å². The van der Waals surface area contributed by atoms with Crippen molar-refractivity contribution in [2.75, 3.05) is 28.7 Å². The van der Waals surface area contributed by atoms with Crippen LogP contribution in [0, 0.1) is 5.92 Å². The Morgan fingerprint density at radius 1 is 1.40 bits per heavy atom. The number of carbonyl (C=O) groups is 1. The topological polar surface area (TPSA) is 54.5 Å². The van der Waals surface area contributed by atoms with Crippen molar-refractivity contribution in [2.45, 2.75) is 11.3 Å². The molecule has 7 heteroatoms. The monoisotopic (exact) mass is 331 g/mol. The molecule has 0 N–H and O–H groups in total. The van der Waals surface area contributed by atoms with Crippen molar-refractivity contribution >= 4 is 44.8 Å². The first-order chi connectivity index (χ1) is 9.46. The van der Waals surface area contributed by atoms with E-state index >= 15 is 0 Å². The van der Waals surface area contributed by atoms with Crippen molar-refractivity contribution in [1.82, 2.24) is 0 Å². The van der Waals surface area contributed by atoms with Gasteiger partial charge in [0.25, 0.3) is 0 Å². The third-order valence-corrected chi connectivity index (χ3v) is 6.68. The summed E-state index contributed by atoms with van der Waals surface area (Å²) in [6.07, 6.45) is 0.431. The van der Waals surface area contributed by atoms with E-state index < -0.39 is 15.8 Å². The van der Waals surface area contributed by atoms with E-state index in [4.69, 9.17) is 11.6 Å². The van der Waals surface area contributed by atoms with Crippen LogP contribution >= 0.6 is 23.4 Å². The van der Waals surface area contributed by atoms with Crippen molar-refractivity contribution in [3.05, 3.63) is 23.2 Å². The van der Waals surface area contributed by atoms with Gasteiger partial charge in [0, 0.05) is 22.2 Å². The number of hydrogen-bond donors (Lipinski definition) is 0. The smallest absolute Gasteiger partial charge is 0.231 e. The molecule has 4 nitrogen and oxygen atoms in total. The average molecular weight is 332 g/mol. The molecular weight excluding hydrogens is 318 g/mol. The highest BCUT2D eigenvalue weighted by Crippen LogP contribution is 2.38. The summed E-state index contributed by atoms with van der Waals surface area (Å²) >= 11 is 7.70. The SMILES string of the molecule is O=C([C@H]1CCS(=O)(=O)C1)N1CCSc2ccc(Cl)cc21. The largest absolute Gasteiger partial charge is 0.310 e. The summed E-state index contributed by atoms with van der Waals surface area (Å²) in [5, 5.41) is 0.586. The minimum Gasteiger partial charge on any atom is -0.310 e. The van der Waals surface area contributed by atoms with Crippen LogP contribution in [0.25, 0.3) is 0 Å². The Hall–Kier alpha value is -0.720. The minimum absolute atomic E-state index is 0.0224. The van der Waals surface area contributed by atoms with Gasteiger partial charge in [0.1, 0.15) is 0 Å². The standard InChI is InChI=1S/C13H14ClNO3S2/c14-10-1-2-12-11(7-10)15(4-5-19-12)13(16)9-3-6-20(17,18)8-9/h1-2,7,9H,3-6,8H2/t9-/m0/s1. The Labute approximate surface area is 127 Å². The number of anilines is 1. The number of carbonyl (C=O) groups excluding carboxylic acids is 1. The second-order valence-electron chi connectivity index (χ2n) is 5.05. The number of fused-ring (bicyclic) bond motifs is 1. The van der Waals surface area contributed by atoms with Crippen LogP contribution in [0.2, 0.25) is 5.02 Å². The molecule has 1 saturated heterocycles. The van der Waals surface area contributed by atoms with Crippen LogP contribution in [0.4, 0.5) is 5.69 Å². The lowest BCUT2D eigenvalue weighted by atomic mass is 10.1. The summed E-state index contributed by atoms with van der Waals surface area (Å²) < 4.78 is 23.1. The van der Waals surface area contributed by atoms with E-state index in [0.29, 0.717) is 18.0 Å². The molecule has 20 heavy (non-hydrogen) atoms. The first-order valence-electron chi connectivity index (χ1n) is 6.40. The number of nitrogens with zero attached hydrogens (tertiary/aromatic N) is 1. The van der Waals surface area contributed by atoms with Gasteiger partial charge in [0.2, 0.25) is 5.91 Å². The summed E-state index contributed by atoms with van der Waals surface area (Å²) in [5.74, 6) is 0.421. The van der Waals surface area contributed by atoms with Gasteiger partial charge in [0.05, 0.1) is 23.1 Å². The zero-order chi connectivity index (χ0) is 14.3. The first-order valence-corrected chi connectivity index (χ1v) is 9.59. The molecule has 1 fully saturated rings. The van der Waals surface area contributed by atoms with Gasteiger partial charge >= 0.3 is 0 Å². The van der Waals surface area contributed by atoms with Crippen molar-refractivity contribution in [3.8, 4) is 0 Å². The number of rotatable bonds is 1.